The van der Waals surface area contributed by atoms with Gasteiger partial charge in [-0.25, -0.2) is 4.39 Å². The molecule has 1 aromatic rings. The fourth-order valence-corrected chi connectivity index (χ4v) is 2.14. The number of rotatable bonds is 2. The maximum Gasteiger partial charge on any atom is 0.256 e. The fourth-order valence-electron chi connectivity index (χ4n) is 2.14. The van der Waals surface area contributed by atoms with Crippen molar-refractivity contribution < 1.29 is 13.9 Å². The lowest BCUT2D eigenvalue weighted by molar-refractivity contribution is -0.00274. The zero-order chi connectivity index (χ0) is 13.1. The number of morpholine rings is 1. The number of hydrogen-bond donors (Lipinski definition) is 1. The SMILES string of the molecule is CCC1COCCN1C(=O)c1ccc(F)cc1N. The van der Waals surface area contributed by atoms with Gasteiger partial charge in [0.25, 0.3) is 5.91 Å². The molecule has 18 heavy (non-hydrogen) atoms. The zero-order valence-electron chi connectivity index (χ0n) is 10.4. The van der Waals surface area contributed by atoms with Crippen LogP contribution in [-0.2, 0) is 4.74 Å². The zero-order valence-corrected chi connectivity index (χ0v) is 10.4. The number of carbonyl (C=O) groups is 1. The number of nitrogens with zero attached hydrogens (tertiary/aromatic N) is 1. The second kappa shape index (κ2) is 5.35. The van der Waals surface area contributed by atoms with Crippen molar-refractivity contribution in [2.45, 2.75) is 19.4 Å². The van der Waals surface area contributed by atoms with Crippen molar-refractivity contribution in [2.75, 3.05) is 25.5 Å². The van der Waals surface area contributed by atoms with Crippen molar-refractivity contribution in [2.24, 2.45) is 0 Å². The largest absolute Gasteiger partial charge is 0.398 e. The molecule has 1 saturated heterocycles. The Morgan fingerprint density at radius 1 is 1.61 bits per heavy atom. The van der Waals surface area contributed by atoms with Crippen LogP contribution >= 0.6 is 0 Å². The molecule has 98 valence electrons. The van der Waals surface area contributed by atoms with Crippen molar-refractivity contribution in [3.05, 3.63) is 29.6 Å². The van der Waals surface area contributed by atoms with E-state index < -0.39 is 5.82 Å². The van der Waals surface area contributed by atoms with Crippen molar-refractivity contribution in [1.82, 2.24) is 4.90 Å². The molecule has 5 heteroatoms. The number of hydrogen-bond acceptors (Lipinski definition) is 3. The Morgan fingerprint density at radius 3 is 3.06 bits per heavy atom. The molecule has 1 heterocycles. The molecule has 1 fully saturated rings. The number of anilines is 1. The number of nitrogens with two attached hydrogens (primary N) is 1. The quantitative estimate of drug-likeness (QED) is 0.814. The van der Waals surface area contributed by atoms with E-state index in [4.69, 9.17) is 10.5 Å². The molecular weight excluding hydrogens is 235 g/mol. The Hall–Kier alpha value is -1.62. The van der Waals surface area contributed by atoms with Crippen LogP contribution in [0, 0.1) is 5.82 Å². The first-order valence-electron chi connectivity index (χ1n) is 6.07. The molecule has 1 unspecified atom stereocenters. The highest BCUT2D eigenvalue weighted by atomic mass is 19.1. The highest BCUT2D eigenvalue weighted by Gasteiger charge is 2.27. The van der Waals surface area contributed by atoms with Crippen LogP contribution in [-0.4, -0.2) is 36.6 Å². The van der Waals surface area contributed by atoms with Gasteiger partial charge in [0.2, 0.25) is 0 Å². The molecule has 0 radical (unpaired) electrons. The van der Waals surface area contributed by atoms with Crippen LogP contribution in [0.2, 0.25) is 0 Å². The van der Waals surface area contributed by atoms with Crippen molar-refractivity contribution >= 4 is 11.6 Å². The first kappa shape index (κ1) is 12.8. The molecule has 1 amide bonds. The van der Waals surface area contributed by atoms with E-state index in [2.05, 4.69) is 0 Å². The van der Waals surface area contributed by atoms with Crippen molar-refractivity contribution in [3.8, 4) is 0 Å². The summed E-state index contributed by atoms with van der Waals surface area (Å²) in [6.07, 6.45) is 0.826. The number of nitrogen functional groups attached to an aromatic ring is 1. The summed E-state index contributed by atoms with van der Waals surface area (Å²) in [5.41, 5.74) is 6.24. The van der Waals surface area contributed by atoms with Crippen molar-refractivity contribution in [1.29, 1.82) is 0 Å². The minimum Gasteiger partial charge on any atom is -0.398 e. The lowest BCUT2D eigenvalue weighted by Gasteiger charge is -2.35. The minimum absolute atomic E-state index is 0.0655. The third kappa shape index (κ3) is 2.46. The van der Waals surface area contributed by atoms with E-state index in [-0.39, 0.29) is 17.6 Å². The molecule has 2 N–H and O–H groups in total. The molecule has 1 aromatic carbocycles. The average molecular weight is 252 g/mol. The first-order valence-corrected chi connectivity index (χ1v) is 6.07. The summed E-state index contributed by atoms with van der Waals surface area (Å²) in [4.78, 5) is 14.1. The van der Waals surface area contributed by atoms with Crippen LogP contribution in [0.25, 0.3) is 0 Å². The molecule has 0 bridgehead atoms. The first-order chi connectivity index (χ1) is 8.63. The fraction of sp³-hybridized carbons (Fsp3) is 0.462. The monoisotopic (exact) mass is 252 g/mol. The van der Waals surface area contributed by atoms with Crippen molar-refractivity contribution in [3.63, 3.8) is 0 Å². The smallest absolute Gasteiger partial charge is 0.256 e. The highest BCUT2D eigenvalue weighted by Crippen LogP contribution is 2.19. The molecule has 2 rings (SSSR count). The lowest BCUT2D eigenvalue weighted by Crippen LogP contribution is -2.48. The Kier molecular flexibility index (Phi) is 3.81. The van der Waals surface area contributed by atoms with Crippen LogP contribution in [0.15, 0.2) is 18.2 Å². The Balaban J connectivity index is 2.24. The molecule has 1 aliphatic heterocycles. The molecule has 0 saturated carbocycles. The number of amides is 1. The van der Waals surface area contributed by atoms with Gasteiger partial charge in [-0.05, 0) is 24.6 Å². The Morgan fingerprint density at radius 2 is 2.39 bits per heavy atom. The van der Waals surface area contributed by atoms with Gasteiger partial charge in [-0.3, -0.25) is 4.79 Å². The predicted molar refractivity (Wildman–Crippen MR) is 66.7 cm³/mol. The van der Waals surface area contributed by atoms with Crippen LogP contribution in [0.1, 0.15) is 23.7 Å². The molecule has 0 spiro atoms. The number of benzene rings is 1. The molecule has 0 aliphatic carbocycles. The molecule has 0 aromatic heterocycles. The summed E-state index contributed by atoms with van der Waals surface area (Å²) in [5, 5.41) is 0. The maximum atomic E-state index is 13.0. The molecule has 1 aliphatic rings. The van der Waals surface area contributed by atoms with Gasteiger partial charge in [0, 0.05) is 12.2 Å². The summed E-state index contributed by atoms with van der Waals surface area (Å²) in [7, 11) is 0. The number of carbonyl (C=O) groups excluding carboxylic acids is 1. The van der Waals surface area contributed by atoms with Gasteiger partial charge < -0.3 is 15.4 Å². The van der Waals surface area contributed by atoms with E-state index in [0.29, 0.717) is 25.3 Å². The molecule has 1 atom stereocenters. The maximum absolute atomic E-state index is 13.0. The van der Waals surface area contributed by atoms with Crippen LogP contribution in [0.5, 0.6) is 0 Å². The number of ether oxygens (including phenoxy) is 1. The van der Waals surface area contributed by atoms with E-state index >= 15 is 0 Å². The second-order valence-electron chi connectivity index (χ2n) is 4.37. The van der Waals surface area contributed by atoms with Gasteiger partial charge in [0.15, 0.2) is 0 Å². The van der Waals surface area contributed by atoms with Crippen LogP contribution in [0.4, 0.5) is 10.1 Å². The highest BCUT2D eigenvalue weighted by molar-refractivity contribution is 5.99. The van der Waals surface area contributed by atoms with Gasteiger partial charge in [0.05, 0.1) is 24.8 Å². The van der Waals surface area contributed by atoms with Crippen LogP contribution in [0.3, 0.4) is 0 Å². The van der Waals surface area contributed by atoms with Gasteiger partial charge >= 0.3 is 0 Å². The summed E-state index contributed by atoms with van der Waals surface area (Å²) < 4.78 is 18.3. The van der Waals surface area contributed by atoms with Gasteiger partial charge in [-0.2, -0.15) is 0 Å². The molecule has 4 nitrogen and oxygen atoms in total. The summed E-state index contributed by atoms with van der Waals surface area (Å²) in [6.45, 7) is 3.63. The molecular formula is C13H17FN2O2. The second-order valence-corrected chi connectivity index (χ2v) is 4.37. The average Bonchev–Trinajstić information content (AvgIpc) is 2.38. The number of halogens is 1. The normalized spacial score (nSPS) is 19.9. The van der Waals surface area contributed by atoms with Crippen LogP contribution < -0.4 is 5.73 Å². The van der Waals surface area contributed by atoms with E-state index in [9.17, 15) is 9.18 Å². The van der Waals surface area contributed by atoms with E-state index in [1.165, 1.54) is 18.2 Å². The van der Waals surface area contributed by atoms with E-state index in [0.717, 1.165) is 6.42 Å². The van der Waals surface area contributed by atoms with Gasteiger partial charge in [-0.1, -0.05) is 6.92 Å². The predicted octanol–water partition coefficient (Wildman–Crippen LogP) is 1.66. The Labute approximate surface area is 106 Å². The van der Waals surface area contributed by atoms with E-state index in [1.807, 2.05) is 6.92 Å². The van der Waals surface area contributed by atoms with Gasteiger partial charge in [0.1, 0.15) is 5.82 Å². The van der Waals surface area contributed by atoms with Gasteiger partial charge in [-0.15, -0.1) is 0 Å². The Bertz CT molecular complexity index is 451. The minimum atomic E-state index is -0.432. The third-order valence-corrected chi connectivity index (χ3v) is 3.20. The third-order valence-electron chi connectivity index (χ3n) is 3.20. The lowest BCUT2D eigenvalue weighted by atomic mass is 10.1. The topological polar surface area (TPSA) is 55.6 Å². The summed E-state index contributed by atoms with van der Waals surface area (Å²) >= 11 is 0. The standard InChI is InChI=1S/C13H17FN2O2/c1-2-10-8-18-6-5-16(10)13(17)11-4-3-9(14)7-12(11)15/h3-4,7,10H,2,5-6,8,15H2,1H3. The summed E-state index contributed by atoms with van der Waals surface area (Å²) in [5.74, 6) is -0.583. The van der Waals surface area contributed by atoms with E-state index in [1.54, 1.807) is 4.90 Å². The summed E-state index contributed by atoms with van der Waals surface area (Å²) in [6, 6.07) is 3.94.